The highest BCUT2D eigenvalue weighted by molar-refractivity contribution is 6.45. The predicted octanol–water partition coefficient (Wildman–Crippen LogP) is 2.35. The summed E-state index contributed by atoms with van der Waals surface area (Å²) in [5.41, 5.74) is 10.6. The van der Waals surface area contributed by atoms with Gasteiger partial charge in [0.1, 0.15) is 0 Å². The zero-order valence-corrected chi connectivity index (χ0v) is 12.0. The molecule has 104 valence electrons. The van der Waals surface area contributed by atoms with Gasteiger partial charge < -0.3 is 16.6 Å². The first-order chi connectivity index (χ1) is 8.75. The maximum Gasteiger partial charge on any atom is 0.300 e. The van der Waals surface area contributed by atoms with Crippen LogP contribution in [0, 0.1) is 0 Å². The maximum atomic E-state index is 9.00. The molecule has 9 heteroatoms. The molecule has 0 aliphatic heterocycles. The Kier molecular flexibility index (Phi) is 7.90. The molecule has 0 atom stereocenters. The molecule has 0 heterocycles. The van der Waals surface area contributed by atoms with Crippen LogP contribution in [0.4, 0.5) is 0 Å². The molecule has 0 saturated heterocycles. The van der Waals surface area contributed by atoms with Crippen LogP contribution >= 0.6 is 34.8 Å². The minimum absolute atomic E-state index is 0.152. The van der Waals surface area contributed by atoms with Gasteiger partial charge in [0.15, 0.2) is 0 Å². The van der Waals surface area contributed by atoms with E-state index in [0.717, 1.165) is 6.92 Å². The lowest BCUT2D eigenvalue weighted by Crippen LogP contribution is -2.21. The van der Waals surface area contributed by atoms with E-state index in [4.69, 9.17) is 56.2 Å². The first-order valence-corrected chi connectivity index (χ1v) is 5.84. The summed E-state index contributed by atoms with van der Waals surface area (Å²) in [5.74, 6) is -0.986. The number of carboxylic acids is 1. The number of halogens is 3. The molecule has 0 bridgehead atoms. The molecule has 19 heavy (non-hydrogen) atoms. The molecule has 0 aliphatic rings. The predicted molar refractivity (Wildman–Crippen MR) is 78.2 cm³/mol. The van der Waals surface area contributed by atoms with Gasteiger partial charge in [-0.1, -0.05) is 34.8 Å². The van der Waals surface area contributed by atoms with Gasteiger partial charge in [-0.25, -0.2) is 0 Å². The fourth-order valence-electron chi connectivity index (χ4n) is 0.814. The van der Waals surface area contributed by atoms with Gasteiger partial charge in [-0.2, -0.15) is 5.10 Å². The van der Waals surface area contributed by atoms with Crippen molar-refractivity contribution in [1.29, 1.82) is 0 Å². The minimum Gasteiger partial charge on any atom is -0.481 e. The second-order valence-corrected chi connectivity index (χ2v) is 4.24. The largest absolute Gasteiger partial charge is 0.481 e. The van der Waals surface area contributed by atoms with E-state index in [1.807, 2.05) is 0 Å². The molecule has 0 aliphatic carbocycles. The summed E-state index contributed by atoms with van der Waals surface area (Å²) in [5, 5.41) is 15.5. The molecule has 0 aromatic heterocycles. The van der Waals surface area contributed by atoms with Crippen LogP contribution in [-0.4, -0.2) is 23.2 Å². The van der Waals surface area contributed by atoms with Crippen LogP contribution in [0.3, 0.4) is 0 Å². The SMILES string of the molecule is CC(=O)O.NC(N)=N/N=C\c1c(Cl)ccc(Cl)c1Cl. The van der Waals surface area contributed by atoms with Gasteiger partial charge in [-0.3, -0.25) is 4.79 Å². The Bertz CT molecular complexity index is 510. The molecule has 1 aromatic rings. The molecular weight excluding hydrogens is 314 g/mol. The van der Waals surface area contributed by atoms with Gasteiger partial charge in [-0.05, 0) is 12.1 Å². The highest BCUT2D eigenvalue weighted by Gasteiger charge is 2.06. The fraction of sp³-hybridized carbons (Fsp3) is 0.100. The van der Waals surface area contributed by atoms with E-state index in [1.54, 1.807) is 12.1 Å². The van der Waals surface area contributed by atoms with Gasteiger partial charge in [0.05, 0.1) is 21.3 Å². The lowest BCUT2D eigenvalue weighted by atomic mass is 10.2. The monoisotopic (exact) mass is 324 g/mol. The number of hydrogen-bond donors (Lipinski definition) is 3. The fourth-order valence-corrected chi connectivity index (χ4v) is 1.45. The van der Waals surface area contributed by atoms with E-state index in [9.17, 15) is 0 Å². The van der Waals surface area contributed by atoms with Gasteiger partial charge >= 0.3 is 0 Å². The molecule has 0 radical (unpaired) electrons. The first-order valence-electron chi connectivity index (χ1n) is 4.70. The first kappa shape index (κ1) is 17.5. The van der Waals surface area contributed by atoms with E-state index in [0.29, 0.717) is 20.6 Å². The zero-order chi connectivity index (χ0) is 15.0. The summed E-state index contributed by atoms with van der Waals surface area (Å²) in [7, 11) is 0. The highest BCUT2D eigenvalue weighted by Crippen LogP contribution is 2.29. The van der Waals surface area contributed by atoms with Crippen molar-refractivity contribution in [2.45, 2.75) is 6.92 Å². The topological polar surface area (TPSA) is 114 Å². The van der Waals surface area contributed by atoms with Crippen molar-refractivity contribution >= 4 is 52.9 Å². The normalized spacial score (nSPS) is 9.68. The lowest BCUT2D eigenvalue weighted by Gasteiger charge is -2.01. The molecule has 1 aromatic carbocycles. The Hall–Kier alpha value is -1.50. The Morgan fingerprint density at radius 2 is 1.74 bits per heavy atom. The van der Waals surface area contributed by atoms with Crippen molar-refractivity contribution in [3.8, 4) is 0 Å². The van der Waals surface area contributed by atoms with E-state index in [1.165, 1.54) is 6.21 Å². The van der Waals surface area contributed by atoms with E-state index >= 15 is 0 Å². The third-order valence-corrected chi connectivity index (χ3v) is 2.59. The molecule has 0 unspecified atom stereocenters. The van der Waals surface area contributed by atoms with Crippen molar-refractivity contribution in [2.24, 2.45) is 21.7 Å². The van der Waals surface area contributed by atoms with Crippen LogP contribution in [0.2, 0.25) is 15.1 Å². The van der Waals surface area contributed by atoms with Crippen LogP contribution in [0.5, 0.6) is 0 Å². The molecule has 0 saturated carbocycles. The summed E-state index contributed by atoms with van der Waals surface area (Å²) < 4.78 is 0. The number of benzene rings is 1. The molecule has 6 nitrogen and oxygen atoms in total. The number of aliphatic carboxylic acids is 1. The van der Waals surface area contributed by atoms with E-state index in [2.05, 4.69) is 10.2 Å². The summed E-state index contributed by atoms with van der Waals surface area (Å²) in [4.78, 5) is 9.00. The molecule has 0 fully saturated rings. The Morgan fingerprint density at radius 3 is 2.21 bits per heavy atom. The summed E-state index contributed by atoms with van der Waals surface area (Å²) >= 11 is 17.6. The smallest absolute Gasteiger partial charge is 0.300 e. The van der Waals surface area contributed by atoms with Crippen LogP contribution in [-0.2, 0) is 4.79 Å². The van der Waals surface area contributed by atoms with Crippen LogP contribution in [0.1, 0.15) is 12.5 Å². The summed E-state index contributed by atoms with van der Waals surface area (Å²) in [6.45, 7) is 1.08. The maximum absolute atomic E-state index is 9.00. The van der Waals surface area contributed by atoms with Crippen LogP contribution in [0.25, 0.3) is 0 Å². The summed E-state index contributed by atoms with van der Waals surface area (Å²) in [6, 6.07) is 3.19. The highest BCUT2D eigenvalue weighted by atomic mass is 35.5. The van der Waals surface area contributed by atoms with Crippen molar-refractivity contribution < 1.29 is 9.90 Å². The van der Waals surface area contributed by atoms with Gasteiger partial charge in [0, 0.05) is 12.5 Å². The number of carbonyl (C=O) groups is 1. The average molecular weight is 326 g/mol. The quantitative estimate of drug-likeness (QED) is 0.335. The van der Waals surface area contributed by atoms with Crippen molar-refractivity contribution in [3.05, 3.63) is 32.8 Å². The second-order valence-electron chi connectivity index (χ2n) is 3.05. The molecule has 0 amide bonds. The molecule has 0 spiro atoms. The second kappa shape index (κ2) is 8.58. The van der Waals surface area contributed by atoms with Crippen LogP contribution < -0.4 is 11.5 Å². The van der Waals surface area contributed by atoms with Gasteiger partial charge in [0.25, 0.3) is 5.97 Å². The Balaban J connectivity index is 0.000000711. The summed E-state index contributed by atoms with van der Waals surface area (Å²) in [6.07, 6.45) is 1.33. The average Bonchev–Trinajstić information content (AvgIpc) is 2.27. The number of carboxylic acid groups (broad SMARTS) is 1. The van der Waals surface area contributed by atoms with E-state index < -0.39 is 5.97 Å². The third kappa shape index (κ3) is 7.50. The van der Waals surface area contributed by atoms with Gasteiger partial charge in [-0.15, -0.1) is 5.10 Å². The number of rotatable bonds is 2. The van der Waals surface area contributed by atoms with Crippen molar-refractivity contribution in [3.63, 3.8) is 0 Å². The van der Waals surface area contributed by atoms with Crippen molar-refractivity contribution in [2.75, 3.05) is 0 Å². The Morgan fingerprint density at radius 1 is 1.26 bits per heavy atom. The lowest BCUT2D eigenvalue weighted by molar-refractivity contribution is -0.134. The molecular formula is C10H11Cl3N4O2. The Labute approximate surface area is 124 Å². The third-order valence-electron chi connectivity index (χ3n) is 1.44. The standard InChI is InChI=1S/C8H7Cl3N4.C2H4O2/c9-5-1-2-6(10)7(11)4(5)3-14-15-8(12)13;1-2(3)4/h1-3H,(H4,12,13,15);1H3,(H,3,4)/b14-3-;. The molecule has 5 N–H and O–H groups in total. The van der Waals surface area contributed by atoms with Crippen molar-refractivity contribution in [1.82, 2.24) is 0 Å². The molecule has 1 rings (SSSR count). The zero-order valence-electron chi connectivity index (χ0n) is 9.77. The number of hydrogen-bond acceptors (Lipinski definition) is 3. The number of guanidine groups is 1. The van der Waals surface area contributed by atoms with Crippen LogP contribution in [0.15, 0.2) is 22.3 Å². The van der Waals surface area contributed by atoms with E-state index in [-0.39, 0.29) is 5.96 Å². The minimum atomic E-state index is -0.833. The number of nitrogens with zero attached hydrogens (tertiary/aromatic N) is 2. The van der Waals surface area contributed by atoms with Gasteiger partial charge in [0.2, 0.25) is 5.96 Å². The number of nitrogens with two attached hydrogens (primary N) is 2.